The van der Waals surface area contributed by atoms with E-state index >= 15 is 0 Å². The maximum absolute atomic E-state index is 9.70. The average molecular weight is 201 g/mol. The van der Waals surface area contributed by atoms with E-state index in [4.69, 9.17) is 5.73 Å². The van der Waals surface area contributed by atoms with Gasteiger partial charge in [-0.3, -0.25) is 0 Å². The topological polar surface area (TPSA) is 66.5 Å². The fourth-order valence-corrected chi connectivity index (χ4v) is 1.45. The maximum atomic E-state index is 9.70. The smallest absolute Gasteiger partial charge is 0.181 e. The van der Waals surface area contributed by atoms with Gasteiger partial charge in [-0.25, -0.2) is 0 Å². The molecule has 4 N–H and O–H groups in total. The van der Waals surface area contributed by atoms with Gasteiger partial charge in [-0.2, -0.15) is 0 Å². The Labute approximate surface area is 87.4 Å². The first-order valence-electron chi connectivity index (χ1n) is 4.56. The second-order valence-electron chi connectivity index (χ2n) is 3.27. The third kappa shape index (κ3) is 1.59. The molecule has 3 heteroatoms. The molecular weight excluding hydrogens is 190 g/mol. The Hall–Kier alpha value is -2.16. The first-order chi connectivity index (χ1) is 7.20. The Balaban J connectivity index is 2.60. The molecule has 0 radical (unpaired) electrons. The van der Waals surface area contributed by atoms with Crippen molar-refractivity contribution >= 4 is 5.69 Å². The molecular formula is C12H11NO2. The van der Waals surface area contributed by atoms with Gasteiger partial charge < -0.3 is 15.9 Å². The fourth-order valence-electron chi connectivity index (χ4n) is 1.45. The number of nitrogens with two attached hydrogens (primary N) is 1. The van der Waals surface area contributed by atoms with Crippen LogP contribution < -0.4 is 5.73 Å². The minimum Gasteiger partial charge on any atom is -0.504 e. The highest BCUT2D eigenvalue weighted by Gasteiger charge is 2.10. The lowest BCUT2D eigenvalue weighted by Gasteiger charge is -2.07. The van der Waals surface area contributed by atoms with Crippen molar-refractivity contribution in [2.75, 3.05) is 5.73 Å². The molecule has 0 saturated heterocycles. The van der Waals surface area contributed by atoms with E-state index in [0.717, 1.165) is 5.56 Å². The van der Waals surface area contributed by atoms with E-state index in [-0.39, 0.29) is 17.2 Å². The Morgan fingerprint density at radius 3 is 2.13 bits per heavy atom. The number of rotatable bonds is 1. The van der Waals surface area contributed by atoms with Gasteiger partial charge in [-0.15, -0.1) is 0 Å². The molecule has 0 unspecified atom stereocenters. The summed E-state index contributed by atoms with van der Waals surface area (Å²) in [7, 11) is 0. The standard InChI is InChI=1S/C12H11NO2/c13-10-7-6-9(11(14)12(10)15)8-4-2-1-3-5-8/h1-7,14-15H,13H2. The molecule has 0 saturated carbocycles. The number of benzene rings is 2. The number of phenols is 2. The van der Waals surface area contributed by atoms with E-state index in [9.17, 15) is 10.2 Å². The zero-order chi connectivity index (χ0) is 10.8. The summed E-state index contributed by atoms with van der Waals surface area (Å²) in [6.07, 6.45) is 0. The van der Waals surface area contributed by atoms with Crippen LogP contribution in [-0.4, -0.2) is 10.2 Å². The Kier molecular flexibility index (Phi) is 2.21. The number of nitrogen functional groups attached to an aromatic ring is 1. The van der Waals surface area contributed by atoms with Crippen LogP contribution in [0.5, 0.6) is 11.5 Å². The third-order valence-electron chi connectivity index (χ3n) is 2.27. The van der Waals surface area contributed by atoms with E-state index < -0.39 is 0 Å². The second-order valence-corrected chi connectivity index (χ2v) is 3.27. The number of anilines is 1. The van der Waals surface area contributed by atoms with Crippen LogP contribution in [0, 0.1) is 0 Å². The highest BCUT2D eigenvalue weighted by atomic mass is 16.3. The molecule has 0 bridgehead atoms. The lowest BCUT2D eigenvalue weighted by atomic mass is 10.0. The predicted molar refractivity (Wildman–Crippen MR) is 59.6 cm³/mol. The number of phenolic OH excluding ortho intramolecular Hbond substituents is 2. The molecule has 15 heavy (non-hydrogen) atoms. The Morgan fingerprint density at radius 2 is 1.47 bits per heavy atom. The molecule has 0 aromatic heterocycles. The molecule has 2 rings (SSSR count). The molecule has 0 aliphatic carbocycles. The van der Waals surface area contributed by atoms with Gasteiger partial charge in [0.25, 0.3) is 0 Å². The summed E-state index contributed by atoms with van der Waals surface area (Å²) in [4.78, 5) is 0. The first kappa shape index (κ1) is 9.40. The van der Waals surface area contributed by atoms with Crippen molar-refractivity contribution in [3.63, 3.8) is 0 Å². The van der Waals surface area contributed by atoms with Gasteiger partial charge in [-0.1, -0.05) is 30.3 Å². The summed E-state index contributed by atoms with van der Waals surface area (Å²) >= 11 is 0. The summed E-state index contributed by atoms with van der Waals surface area (Å²) < 4.78 is 0. The molecule has 0 aliphatic heterocycles. The van der Waals surface area contributed by atoms with Gasteiger partial charge in [-0.05, 0) is 17.7 Å². The van der Waals surface area contributed by atoms with E-state index in [1.54, 1.807) is 12.1 Å². The number of aromatic hydroxyl groups is 2. The molecule has 2 aromatic carbocycles. The normalized spacial score (nSPS) is 10.1. The Morgan fingerprint density at radius 1 is 0.800 bits per heavy atom. The predicted octanol–water partition coefficient (Wildman–Crippen LogP) is 2.35. The van der Waals surface area contributed by atoms with E-state index in [1.165, 1.54) is 0 Å². The van der Waals surface area contributed by atoms with Crippen molar-refractivity contribution in [3.05, 3.63) is 42.5 Å². The highest BCUT2D eigenvalue weighted by molar-refractivity contribution is 5.77. The van der Waals surface area contributed by atoms with Gasteiger partial charge in [0.05, 0.1) is 5.69 Å². The Bertz CT molecular complexity index is 480. The summed E-state index contributed by atoms with van der Waals surface area (Å²) in [6.45, 7) is 0. The van der Waals surface area contributed by atoms with E-state index in [1.807, 2.05) is 30.3 Å². The van der Waals surface area contributed by atoms with Gasteiger partial charge >= 0.3 is 0 Å². The van der Waals surface area contributed by atoms with Crippen LogP contribution in [0.3, 0.4) is 0 Å². The molecule has 3 nitrogen and oxygen atoms in total. The molecule has 0 amide bonds. The highest BCUT2D eigenvalue weighted by Crippen LogP contribution is 2.39. The van der Waals surface area contributed by atoms with Crippen LogP contribution in [0.25, 0.3) is 11.1 Å². The lowest BCUT2D eigenvalue weighted by Crippen LogP contribution is -1.87. The van der Waals surface area contributed by atoms with E-state index in [0.29, 0.717) is 5.56 Å². The number of hydrogen-bond acceptors (Lipinski definition) is 3. The minimum absolute atomic E-state index is 0.173. The zero-order valence-corrected chi connectivity index (χ0v) is 8.01. The summed E-state index contributed by atoms with van der Waals surface area (Å²) in [5, 5.41) is 19.2. The molecule has 0 aliphatic rings. The summed E-state index contributed by atoms with van der Waals surface area (Å²) in [5.41, 5.74) is 7.04. The van der Waals surface area contributed by atoms with Crippen molar-refractivity contribution in [1.82, 2.24) is 0 Å². The first-order valence-corrected chi connectivity index (χ1v) is 4.56. The fraction of sp³-hybridized carbons (Fsp3) is 0. The van der Waals surface area contributed by atoms with Crippen molar-refractivity contribution in [1.29, 1.82) is 0 Å². The molecule has 0 atom stereocenters. The van der Waals surface area contributed by atoms with Crippen molar-refractivity contribution in [3.8, 4) is 22.6 Å². The van der Waals surface area contributed by atoms with Gasteiger partial charge in [0.15, 0.2) is 11.5 Å². The minimum atomic E-state index is -0.267. The average Bonchev–Trinajstić information content (AvgIpc) is 2.27. The van der Waals surface area contributed by atoms with Crippen molar-refractivity contribution < 1.29 is 10.2 Å². The van der Waals surface area contributed by atoms with Crippen LogP contribution >= 0.6 is 0 Å². The van der Waals surface area contributed by atoms with Crippen LogP contribution in [0.15, 0.2) is 42.5 Å². The molecule has 0 fully saturated rings. The second kappa shape index (κ2) is 3.53. The summed E-state index contributed by atoms with van der Waals surface area (Å²) in [5.74, 6) is -0.447. The van der Waals surface area contributed by atoms with Gasteiger partial charge in [0.1, 0.15) is 0 Å². The molecule has 2 aromatic rings. The molecule has 76 valence electrons. The SMILES string of the molecule is Nc1ccc(-c2ccccc2)c(O)c1O. The molecule has 0 spiro atoms. The van der Waals surface area contributed by atoms with Crippen LogP contribution in [-0.2, 0) is 0 Å². The summed E-state index contributed by atoms with van der Waals surface area (Å²) in [6, 6.07) is 12.6. The van der Waals surface area contributed by atoms with Gasteiger partial charge in [0, 0.05) is 5.56 Å². The lowest BCUT2D eigenvalue weighted by molar-refractivity contribution is 0.407. The maximum Gasteiger partial charge on any atom is 0.181 e. The number of hydrogen-bond donors (Lipinski definition) is 3. The zero-order valence-electron chi connectivity index (χ0n) is 8.01. The van der Waals surface area contributed by atoms with E-state index in [2.05, 4.69) is 0 Å². The van der Waals surface area contributed by atoms with Crippen LogP contribution in [0.1, 0.15) is 0 Å². The quantitative estimate of drug-likeness (QED) is 0.490. The van der Waals surface area contributed by atoms with Gasteiger partial charge in [0.2, 0.25) is 0 Å². The van der Waals surface area contributed by atoms with Crippen molar-refractivity contribution in [2.24, 2.45) is 0 Å². The third-order valence-corrected chi connectivity index (χ3v) is 2.27. The molecule has 0 heterocycles. The van der Waals surface area contributed by atoms with Crippen molar-refractivity contribution in [2.45, 2.75) is 0 Å². The monoisotopic (exact) mass is 201 g/mol. The largest absolute Gasteiger partial charge is 0.504 e. The van der Waals surface area contributed by atoms with Crippen LogP contribution in [0.4, 0.5) is 5.69 Å². The van der Waals surface area contributed by atoms with Crippen LogP contribution in [0.2, 0.25) is 0 Å².